The number of hydrogen-bond donors (Lipinski definition) is 2. The minimum atomic E-state index is -0.247. The molecule has 56 valence electrons. The van der Waals surface area contributed by atoms with Gasteiger partial charge in [-0.3, -0.25) is 0 Å². The number of aliphatic hydroxyl groups is 1. The van der Waals surface area contributed by atoms with Crippen LogP contribution in [0.25, 0.3) is 0 Å². The van der Waals surface area contributed by atoms with Gasteiger partial charge in [-0.05, 0) is 0 Å². The standard InChI is InChI=1S/C7H12N2O/c1-7(2,5-10)6-8-3-4-9-6/h3-4,10H,5H2,1-2H3,(H,8,9). The Morgan fingerprint density at radius 1 is 1.70 bits per heavy atom. The largest absolute Gasteiger partial charge is 0.395 e. The van der Waals surface area contributed by atoms with Crippen LogP contribution in [-0.4, -0.2) is 21.7 Å². The molecule has 0 unspecified atom stereocenters. The molecule has 3 nitrogen and oxygen atoms in total. The van der Waals surface area contributed by atoms with E-state index in [4.69, 9.17) is 5.11 Å². The van der Waals surface area contributed by atoms with Crippen LogP contribution in [0.15, 0.2) is 12.4 Å². The first-order valence-electron chi connectivity index (χ1n) is 3.27. The SMILES string of the molecule is CC(C)(CO)c1ncc[nH]1. The summed E-state index contributed by atoms with van der Waals surface area (Å²) >= 11 is 0. The molecule has 1 heterocycles. The van der Waals surface area contributed by atoms with Crippen LogP contribution in [0.3, 0.4) is 0 Å². The van der Waals surface area contributed by atoms with E-state index >= 15 is 0 Å². The van der Waals surface area contributed by atoms with Gasteiger partial charge in [-0.15, -0.1) is 0 Å². The van der Waals surface area contributed by atoms with Gasteiger partial charge in [0.2, 0.25) is 0 Å². The van der Waals surface area contributed by atoms with Crippen molar-refractivity contribution in [3.8, 4) is 0 Å². The number of aliphatic hydroxyl groups excluding tert-OH is 1. The van der Waals surface area contributed by atoms with Crippen molar-refractivity contribution >= 4 is 0 Å². The molecule has 3 heteroatoms. The molecule has 1 rings (SSSR count). The van der Waals surface area contributed by atoms with E-state index in [-0.39, 0.29) is 12.0 Å². The minimum Gasteiger partial charge on any atom is -0.395 e. The molecular weight excluding hydrogens is 128 g/mol. The van der Waals surface area contributed by atoms with Crippen molar-refractivity contribution in [2.75, 3.05) is 6.61 Å². The van der Waals surface area contributed by atoms with Gasteiger partial charge in [-0.2, -0.15) is 0 Å². The van der Waals surface area contributed by atoms with E-state index in [2.05, 4.69) is 9.97 Å². The molecule has 0 radical (unpaired) electrons. The molecule has 0 amide bonds. The monoisotopic (exact) mass is 140 g/mol. The molecule has 0 spiro atoms. The molecule has 2 N–H and O–H groups in total. The molecule has 0 aromatic carbocycles. The second-order valence-corrected chi connectivity index (χ2v) is 2.98. The topological polar surface area (TPSA) is 48.9 Å². The van der Waals surface area contributed by atoms with Crippen molar-refractivity contribution in [2.45, 2.75) is 19.3 Å². The Hall–Kier alpha value is -0.830. The predicted molar refractivity (Wildman–Crippen MR) is 38.7 cm³/mol. The molecule has 0 aliphatic rings. The van der Waals surface area contributed by atoms with Crippen LogP contribution in [0, 0.1) is 0 Å². The van der Waals surface area contributed by atoms with E-state index in [1.54, 1.807) is 12.4 Å². The number of nitrogens with zero attached hydrogens (tertiary/aromatic N) is 1. The average molecular weight is 140 g/mol. The summed E-state index contributed by atoms with van der Waals surface area (Å²) in [6, 6.07) is 0. The zero-order valence-electron chi connectivity index (χ0n) is 6.26. The third-order valence-corrected chi connectivity index (χ3v) is 1.53. The maximum absolute atomic E-state index is 8.91. The second-order valence-electron chi connectivity index (χ2n) is 2.98. The molecule has 0 bridgehead atoms. The normalized spacial score (nSPS) is 11.9. The third-order valence-electron chi connectivity index (χ3n) is 1.53. The van der Waals surface area contributed by atoms with Crippen LogP contribution in [0.1, 0.15) is 19.7 Å². The van der Waals surface area contributed by atoms with Crippen molar-refractivity contribution in [2.24, 2.45) is 0 Å². The Labute approximate surface area is 60.1 Å². The van der Waals surface area contributed by atoms with Gasteiger partial charge in [0.15, 0.2) is 0 Å². The van der Waals surface area contributed by atoms with Crippen LogP contribution >= 0.6 is 0 Å². The van der Waals surface area contributed by atoms with E-state index in [0.29, 0.717) is 0 Å². The quantitative estimate of drug-likeness (QED) is 0.634. The highest BCUT2D eigenvalue weighted by atomic mass is 16.3. The van der Waals surface area contributed by atoms with Crippen molar-refractivity contribution in [3.05, 3.63) is 18.2 Å². The summed E-state index contributed by atoms with van der Waals surface area (Å²) in [5, 5.41) is 8.91. The maximum Gasteiger partial charge on any atom is 0.114 e. The molecule has 0 atom stereocenters. The Morgan fingerprint density at radius 3 is 2.80 bits per heavy atom. The zero-order chi connectivity index (χ0) is 7.61. The van der Waals surface area contributed by atoms with E-state index in [1.807, 2.05) is 13.8 Å². The fourth-order valence-electron chi connectivity index (χ4n) is 0.710. The van der Waals surface area contributed by atoms with E-state index in [9.17, 15) is 0 Å². The lowest BCUT2D eigenvalue weighted by atomic mass is 9.94. The van der Waals surface area contributed by atoms with Crippen LogP contribution in [0.4, 0.5) is 0 Å². The van der Waals surface area contributed by atoms with Crippen molar-refractivity contribution in [3.63, 3.8) is 0 Å². The van der Waals surface area contributed by atoms with Crippen LogP contribution in [0.5, 0.6) is 0 Å². The third kappa shape index (κ3) is 1.19. The van der Waals surface area contributed by atoms with Gasteiger partial charge < -0.3 is 10.1 Å². The summed E-state index contributed by atoms with van der Waals surface area (Å²) in [7, 11) is 0. The van der Waals surface area contributed by atoms with Gasteiger partial charge in [0.25, 0.3) is 0 Å². The number of aromatic nitrogens is 2. The van der Waals surface area contributed by atoms with E-state index in [0.717, 1.165) is 5.82 Å². The number of imidazole rings is 1. The van der Waals surface area contributed by atoms with Gasteiger partial charge in [0.1, 0.15) is 5.82 Å². The molecule has 0 saturated heterocycles. The van der Waals surface area contributed by atoms with E-state index in [1.165, 1.54) is 0 Å². The van der Waals surface area contributed by atoms with Crippen LogP contribution in [-0.2, 0) is 5.41 Å². The molecule has 10 heavy (non-hydrogen) atoms. The summed E-state index contributed by atoms with van der Waals surface area (Å²) in [6.45, 7) is 3.98. The van der Waals surface area contributed by atoms with Crippen molar-refractivity contribution < 1.29 is 5.11 Å². The van der Waals surface area contributed by atoms with Gasteiger partial charge in [0, 0.05) is 17.8 Å². The average Bonchev–Trinajstić information content (AvgIpc) is 2.38. The fourth-order valence-corrected chi connectivity index (χ4v) is 0.710. The van der Waals surface area contributed by atoms with Crippen molar-refractivity contribution in [1.82, 2.24) is 9.97 Å². The highest BCUT2D eigenvalue weighted by Crippen LogP contribution is 2.16. The van der Waals surface area contributed by atoms with Gasteiger partial charge in [0.05, 0.1) is 6.61 Å². The van der Waals surface area contributed by atoms with E-state index < -0.39 is 0 Å². The van der Waals surface area contributed by atoms with Crippen molar-refractivity contribution in [1.29, 1.82) is 0 Å². The minimum absolute atomic E-state index is 0.112. The summed E-state index contributed by atoms with van der Waals surface area (Å²) in [6.07, 6.45) is 3.44. The lowest BCUT2D eigenvalue weighted by Crippen LogP contribution is -2.23. The molecule has 0 fully saturated rings. The summed E-state index contributed by atoms with van der Waals surface area (Å²) in [5.41, 5.74) is -0.247. The summed E-state index contributed by atoms with van der Waals surface area (Å²) < 4.78 is 0. The maximum atomic E-state index is 8.91. The molecular formula is C7H12N2O. The summed E-state index contributed by atoms with van der Waals surface area (Å²) in [5.74, 6) is 0.829. The number of H-pyrrole nitrogens is 1. The Morgan fingerprint density at radius 2 is 2.40 bits per heavy atom. The molecule has 0 saturated carbocycles. The zero-order valence-corrected chi connectivity index (χ0v) is 6.26. The first-order valence-corrected chi connectivity index (χ1v) is 3.27. The molecule has 0 aliphatic carbocycles. The lowest BCUT2D eigenvalue weighted by Gasteiger charge is -2.17. The number of nitrogens with one attached hydrogen (secondary N) is 1. The van der Waals surface area contributed by atoms with Crippen LogP contribution < -0.4 is 0 Å². The van der Waals surface area contributed by atoms with Gasteiger partial charge >= 0.3 is 0 Å². The Bertz CT molecular complexity index is 191. The lowest BCUT2D eigenvalue weighted by molar-refractivity contribution is 0.212. The van der Waals surface area contributed by atoms with Gasteiger partial charge in [-0.25, -0.2) is 4.98 Å². The predicted octanol–water partition coefficient (Wildman–Crippen LogP) is 0.680. The Balaban J connectivity index is 2.85. The summed E-state index contributed by atoms with van der Waals surface area (Å²) in [4.78, 5) is 7.00. The van der Waals surface area contributed by atoms with Gasteiger partial charge in [-0.1, -0.05) is 13.8 Å². The number of aromatic amines is 1. The first kappa shape index (κ1) is 7.28. The smallest absolute Gasteiger partial charge is 0.114 e. The fraction of sp³-hybridized carbons (Fsp3) is 0.571. The second kappa shape index (κ2) is 2.42. The molecule has 1 aromatic rings. The Kier molecular flexibility index (Phi) is 1.76. The first-order chi connectivity index (χ1) is 4.67. The highest BCUT2D eigenvalue weighted by molar-refractivity contribution is 5.03. The molecule has 1 aromatic heterocycles. The number of rotatable bonds is 2. The highest BCUT2D eigenvalue weighted by Gasteiger charge is 2.21. The molecule has 0 aliphatic heterocycles. The van der Waals surface area contributed by atoms with Crippen LogP contribution in [0.2, 0.25) is 0 Å². The number of hydrogen-bond acceptors (Lipinski definition) is 2.